The summed E-state index contributed by atoms with van der Waals surface area (Å²) >= 11 is 0. The quantitative estimate of drug-likeness (QED) is 0.514. The number of fused-ring (bicyclic) bond motifs is 1. The standard InChI is InChI=1S/C23H23N7O/c1-17-5-6-21(30-26-10-11-27-30)19(16-17)23(31)29-13-3-12-28(14-15-29)22-18-4-2-8-24-20(18)7-9-25-22/h2,4-11,16H,3,12-15H2,1H3. The molecule has 0 radical (unpaired) electrons. The number of hydrogen-bond donors (Lipinski definition) is 0. The molecule has 4 heterocycles. The van der Waals surface area contributed by atoms with Gasteiger partial charge in [-0.05, 0) is 43.7 Å². The van der Waals surface area contributed by atoms with Gasteiger partial charge < -0.3 is 9.80 Å². The Hall–Kier alpha value is -3.81. The van der Waals surface area contributed by atoms with Crippen LogP contribution in [0.3, 0.4) is 0 Å². The molecule has 1 amide bonds. The third-order valence-corrected chi connectivity index (χ3v) is 5.61. The third kappa shape index (κ3) is 3.72. The minimum atomic E-state index is 0.00500. The van der Waals surface area contributed by atoms with Gasteiger partial charge in [0.25, 0.3) is 5.91 Å². The van der Waals surface area contributed by atoms with E-state index in [0.29, 0.717) is 30.9 Å². The number of hydrogen-bond acceptors (Lipinski definition) is 6. The highest BCUT2D eigenvalue weighted by Gasteiger charge is 2.24. The van der Waals surface area contributed by atoms with E-state index >= 15 is 0 Å². The zero-order valence-electron chi connectivity index (χ0n) is 17.3. The topological polar surface area (TPSA) is 80.0 Å². The smallest absolute Gasteiger partial charge is 0.256 e. The lowest BCUT2D eigenvalue weighted by Crippen LogP contribution is -2.36. The second-order valence-corrected chi connectivity index (χ2v) is 7.68. The molecule has 8 nitrogen and oxygen atoms in total. The summed E-state index contributed by atoms with van der Waals surface area (Å²) < 4.78 is 0. The van der Waals surface area contributed by atoms with Gasteiger partial charge in [-0.2, -0.15) is 15.0 Å². The monoisotopic (exact) mass is 413 g/mol. The van der Waals surface area contributed by atoms with Crippen molar-refractivity contribution in [2.75, 3.05) is 31.1 Å². The van der Waals surface area contributed by atoms with E-state index in [1.54, 1.807) is 24.8 Å². The number of amides is 1. The Balaban J connectivity index is 1.40. The van der Waals surface area contributed by atoms with Crippen LogP contribution in [0.2, 0.25) is 0 Å². The van der Waals surface area contributed by atoms with Crippen LogP contribution < -0.4 is 4.90 Å². The maximum atomic E-state index is 13.5. The number of rotatable bonds is 3. The van der Waals surface area contributed by atoms with E-state index in [9.17, 15) is 4.79 Å². The van der Waals surface area contributed by atoms with Gasteiger partial charge in [0.1, 0.15) is 5.82 Å². The fraction of sp³-hybridized carbons (Fsp3) is 0.261. The molecule has 0 spiro atoms. The van der Waals surface area contributed by atoms with Crippen LogP contribution in [0.25, 0.3) is 16.6 Å². The van der Waals surface area contributed by atoms with E-state index in [1.807, 2.05) is 42.2 Å². The average Bonchev–Trinajstić information content (AvgIpc) is 3.22. The van der Waals surface area contributed by atoms with Crippen molar-refractivity contribution in [2.45, 2.75) is 13.3 Å². The second kappa shape index (κ2) is 8.14. The predicted octanol–water partition coefficient (Wildman–Crippen LogP) is 2.87. The highest BCUT2D eigenvalue weighted by Crippen LogP contribution is 2.24. The van der Waals surface area contributed by atoms with Crippen LogP contribution in [0.5, 0.6) is 0 Å². The van der Waals surface area contributed by atoms with Crippen molar-refractivity contribution >= 4 is 22.6 Å². The summed E-state index contributed by atoms with van der Waals surface area (Å²) in [5.74, 6) is 0.933. The van der Waals surface area contributed by atoms with E-state index in [2.05, 4.69) is 31.1 Å². The lowest BCUT2D eigenvalue weighted by atomic mass is 10.1. The van der Waals surface area contributed by atoms with Crippen molar-refractivity contribution in [1.29, 1.82) is 0 Å². The molecule has 1 fully saturated rings. The van der Waals surface area contributed by atoms with Gasteiger partial charge in [0.05, 0.1) is 29.2 Å². The number of anilines is 1. The minimum Gasteiger partial charge on any atom is -0.354 e. The van der Waals surface area contributed by atoms with E-state index in [0.717, 1.165) is 35.2 Å². The Bertz CT molecular complexity index is 1220. The molecule has 1 aromatic carbocycles. The van der Waals surface area contributed by atoms with E-state index in [4.69, 9.17) is 0 Å². The zero-order valence-corrected chi connectivity index (χ0v) is 17.3. The fourth-order valence-corrected chi connectivity index (χ4v) is 4.08. The molecule has 0 atom stereocenters. The van der Waals surface area contributed by atoms with Crippen LogP contribution >= 0.6 is 0 Å². The van der Waals surface area contributed by atoms with Crippen LogP contribution in [-0.4, -0.2) is 61.9 Å². The summed E-state index contributed by atoms with van der Waals surface area (Å²) in [6, 6.07) is 11.7. The van der Waals surface area contributed by atoms with Crippen molar-refractivity contribution in [1.82, 2.24) is 29.9 Å². The SMILES string of the molecule is Cc1ccc(-n2nccn2)c(C(=O)N2CCCN(c3nccc4ncccc34)CC2)c1. The molecule has 0 unspecified atom stereocenters. The highest BCUT2D eigenvalue weighted by atomic mass is 16.2. The molecule has 8 heteroatoms. The van der Waals surface area contributed by atoms with Crippen molar-refractivity contribution in [3.63, 3.8) is 0 Å². The Morgan fingerprint density at radius 1 is 0.903 bits per heavy atom. The van der Waals surface area contributed by atoms with Gasteiger partial charge in [0.2, 0.25) is 0 Å². The van der Waals surface area contributed by atoms with Gasteiger partial charge in [0, 0.05) is 44.0 Å². The molecule has 156 valence electrons. The molecular weight excluding hydrogens is 390 g/mol. The molecule has 1 aliphatic heterocycles. The first-order chi connectivity index (χ1) is 15.2. The van der Waals surface area contributed by atoms with Crippen LogP contribution in [-0.2, 0) is 0 Å². The summed E-state index contributed by atoms with van der Waals surface area (Å²) in [6.45, 7) is 4.86. The summed E-state index contributed by atoms with van der Waals surface area (Å²) in [5.41, 5.74) is 3.28. The van der Waals surface area contributed by atoms with Gasteiger partial charge >= 0.3 is 0 Å². The van der Waals surface area contributed by atoms with Gasteiger partial charge in [-0.3, -0.25) is 9.78 Å². The Labute approximate surface area is 180 Å². The number of pyridine rings is 2. The minimum absolute atomic E-state index is 0.00500. The molecule has 0 saturated carbocycles. The van der Waals surface area contributed by atoms with Crippen molar-refractivity contribution in [3.05, 3.63) is 72.3 Å². The first-order valence-electron chi connectivity index (χ1n) is 10.4. The molecule has 31 heavy (non-hydrogen) atoms. The van der Waals surface area contributed by atoms with Crippen molar-refractivity contribution < 1.29 is 4.79 Å². The number of carbonyl (C=O) groups is 1. The number of nitrogens with zero attached hydrogens (tertiary/aromatic N) is 7. The Kier molecular flexibility index (Phi) is 5.03. The number of aromatic nitrogens is 5. The highest BCUT2D eigenvalue weighted by molar-refractivity contribution is 5.98. The summed E-state index contributed by atoms with van der Waals surface area (Å²) in [7, 11) is 0. The summed E-state index contributed by atoms with van der Waals surface area (Å²) in [4.78, 5) is 28.2. The predicted molar refractivity (Wildman–Crippen MR) is 118 cm³/mol. The molecule has 4 aromatic rings. The Morgan fingerprint density at radius 2 is 1.77 bits per heavy atom. The molecule has 1 saturated heterocycles. The van der Waals surface area contributed by atoms with Gasteiger partial charge in [-0.15, -0.1) is 0 Å². The second-order valence-electron chi connectivity index (χ2n) is 7.68. The Morgan fingerprint density at radius 3 is 2.65 bits per heavy atom. The molecule has 1 aliphatic rings. The lowest BCUT2D eigenvalue weighted by molar-refractivity contribution is 0.0766. The average molecular weight is 413 g/mol. The van der Waals surface area contributed by atoms with E-state index < -0.39 is 0 Å². The summed E-state index contributed by atoms with van der Waals surface area (Å²) in [6.07, 6.45) is 7.69. The normalized spacial score (nSPS) is 14.6. The van der Waals surface area contributed by atoms with Crippen LogP contribution in [0.1, 0.15) is 22.3 Å². The van der Waals surface area contributed by atoms with E-state index in [-0.39, 0.29) is 5.91 Å². The maximum Gasteiger partial charge on any atom is 0.256 e. The third-order valence-electron chi connectivity index (χ3n) is 5.61. The van der Waals surface area contributed by atoms with Crippen LogP contribution in [0.4, 0.5) is 5.82 Å². The lowest BCUT2D eigenvalue weighted by Gasteiger charge is -2.24. The van der Waals surface area contributed by atoms with Crippen molar-refractivity contribution in [3.8, 4) is 5.69 Å². The zero-order chi connectivity index (χ0) is 21.2. The number of aryl methyl sites for hydroxylation is 1. The van der Waals surface area contributed by atoms with E-state index in [1.165, 1.54) is 4.80 Å². The molecule has 0 bridgehead atoms. The molecule has 0 aliphatic carbocycles. The molecule has 5 rings (SSSR count). The van der Waals surface area contributed by atoms with Crippen LogP contribution in [0.15, 0.2) is 61.2 Å². The largest absolute Gasteiger partial charge is 0.354 e. The molecular formula is C23H23N7O. The maximum absolute atomic E-state index is 13.5. The summed E-state index contributed by atoms with van der Waals surface area (Å²) in [5, 5.41) is 9.47. The first kappa shape index (κ1) is 19.2. The van der Waals surface area contributed by atoms with Crippen molar-refractivity contribution in [2.24, 2.45) is 0 Å². The number of benzene rings is 1. The van der Waals surface area contributed by atoms with Gasteiger partial charge in [-0.1, -0.05) is 11.6 Å². The molecule has 0 N–H and O–H groups in total. The molecule has 3 aromatic heterocycles. The van der Waals surface area contributed by atoms with Gasteiger partial charge in [-0.25, -0.2) is 4.98 Å². The van der Waals surface area contributed by atoms with Crippen LogP contribution in [0, 0.1) is 6.92 Å². The fourth-order valence-electron chi connectivity index (χ4n) is 4.08. The first-order valence-corrected chi connectivity index (χ1v) is 10.4. The van der Waals surface area contributed by atoms with Gasteiger partial charge in [0.15, 0.2) is 0 Å². The number of carbonyl (C=O) groups excluding carboxylic acids is 1.